The summed E-state index contributed by atoms with van der Waals surface area (Å²) in [6.07, 6.45) is 2.19. The zero-order valence-electron chi connectivity index (χ0n) is 12.2. The number of H-pyrrole nitrogens is 1. The van der Waals surface area contributed by atoms with Gasteiger partial charge in [-0.05, 0) is 17.5 Å². The Hall–Kier alpha value is -2.10. The van der Waals surface area contributed by atoms with Gasteiger partial charge >= 0.3 is 5.97 Å². The maximum atomic E-state index is 12.3. The molecule has 0 saturated carbocycles. The van der Waals surface area contributed by atoms with Crippen molar-refractivity contribution in [3.8, 4) is 0 Å². The van der Waals surface area contributed by atoms with E-state index in [2.05, 4.69) is 9.72 Å². The summed E-state index contributed by atoms with van der Waals surface area (Å²) in [6.45, 7) is 6.11. The van der Waals surface area contributed by atoms with E-state index in [0.717, 1.165) is 10.9 Å². The number of esters is 1. The SMILES string of the molecule is COC(=O)c1ccc2c(C(=O)CC(C)(C)C)c[nH]c2c1. The van der Waals surface area contributed by atoms with E-state index in [9.17, 15) is 9.59 Å². The Balaban J connectivity index is 2.38. The second-order valence-electron chi connectivity index (χ2n) is 6.11. The van der Waals surface area contributed by atoms with Crippen molar-refractivity contribution in [3.63, 3.8) is 0 Å². The van der Waals surface area contributed by atoms with E-state index >= 15 is 0 Å². The Morgan fingerprint density at radius 3 is 2.55 bits per heavy atom. The minimum atomic E-state index is -0.385. The number of ether oxygens (including phenoxy) is 1. The van der Waals surface area contributed by atoms with Crippen LogP contribution in [0.25, 0.3) is 10.9 Å². The normalized spacial score (nSPS) is 11.6. The molecular formula is C16H19NO3. The standard InChI is InChI=1S/C16H19NO3/c1-16(2,3)8-14(18)12-9-17-13-7-10(15(19)20-4)5-6-11(12)13/h5-7,9,17H,8H2,1-4H3. The zero-order chi connectivity index (χ0) is 14.9. The van der Waals surface area contributed by atoms with Gasteiger partial charge in [0.25, 0.3) is 0 Å². The smallest absolute Gasteiger partial charge is 0.337 e. The Morgan fingerprint density at radius 2 is 1.95 bits per heavy atom. The first-order valence-corrected chi connectivity index (χ1v) is 6.54. The van der Waals surface area contributed by atoms with Crippen LogP contribution >= 0.6 is 0 Å². The Morgan fingerprint density at radius 1 is 1.25 bits per heavy atom. The molecule has 0 atom stereocenters. The highest BCUT2D eigenvalue weighted by Crippen LogP contribution is 2.26. The molecule has 4 nitrogen and oxygen atoms in total. The molecule has 106 valence electrons. The van der Waals surface area contributed by atoms with Crippen molar-refractivity contribution in [3.05, 3.63) is 35.5 Å². The lowest BCUT2D eigenvalue weighted by molar-refractivity contribution is 0.0600. The first-order valence-electron chi connectivity index (χ1n) is 6.54. The van der Waals surface area contributed by atoms with Crippen LogP contribution in [-0.2, 0) is 4.74 Å². The second kappa shape index (κ2) is 5.12. The minimum absolute atomic E-state index is 0.0490. The molecular weight excluding hydrogens is 254 g/mol. The van der Waals surface area contributed by atoms with Gasteiger partial charge in [0.2, 0.25) is 0 Å². The predicted octanol–water partition coefficient (Wildman–Crippen LogP) is 3.57. The van der Waals surface area contributed by atoms with Gasteiger partial charge in [0.15, 0.2) is 5.78 Å². The molecule has 20 heavy (non-hydrogen) atoms. The number of benzene rings is 1. The van der Waals surface area contributed by atoms with E-state index in [1.54, 1.807) is 24.4 Å². The first-order chi connectivity index (χ1) is 9.31. The van der Waals surface area contributed by atoms with Crippen molar-refractivity contribution < 1.29 is 14.3 Å². The molecule has 1 aromatic heterocycles. The van der Waals surface area contributed by atoms with Crippen LogP contribution in [-0.4, -0.2) is 23.8 Å². The van der Waals surface area contributed by atoms with Crippen LogP contribution in [0.4, 0.5) is 0 Å². The van der Waals surface area contributed by atoms with Crippen molar-refractivity contribution in [2.45, 2.75) is 27.2 Å². The minimum Gasteiger partial charge on any atom is -0.465 e. The summed E-state index contributed by atoms with van der Waals surface area (Å²) in [4.78, 5) is 26.8. The largest absolute Gasteiger partial charge is 0.465 e. The molecule has 0 radical (unpaired) electrons. The zero-order valence-corrected chi connectivity index (χ0v) is 12.2. The average molecular weight is 273 g/mol. The van der Waals surface area contributed by atoms with E-state index in [1.165, 1.54) is 7.11 Å². The third-order valence-corrected chi connectivity index (χ3v) is 3.09. The third-order valence-electron chi connectivity index (χ3n) is 3.09. The monoisotopic (exact) mass is 273 g/mol. The van der Waals surface area contributed by atoms with Crippen molar-refractivity contribution in [2.75, 3.05) is 7.11 Å². The van der Waals surface area contributed by atoms with Crippen LogP contribution in [0.5, 0.6) is 0 Å². The fourth-order valence-electron chi connectivity index (χ4n) is 2.18. The predicted molar refractivity (Wildman–Crippen MR) is 78.0 cm³/mol. The number of aromatic nitrogens is 1. The molecule has 0 aliphatic carbocycles. The number of rotatable bonds is 3. The number of nitrogens with one attached hydrogen (secondary N) is 1. The van der Waals surface area contributed by atoms with Crippen LogP contribution in [0.3, 0.4) is 0 Å². The van der Waals surface area contributed by atoms with Crippen LogP contribution < -0.4 is 0 Å². The summed E-state index contributed by atoms with van der Waals surface area (Å²) >= 11 is 0. The number of hydrogen-bond donors (Lipinski definition) is 1. The van der Waals surface area contributed by atoms with E-state index in [-0.39, 0.29) is 17.2 Å². The average Bonchev–Trinajstić information content (AvgIpc) is 2.78. The molecule has 2 aromatic rings. The fourth-order valence-corrected chi connectivity index (χ4v) is 2.18. The van der Waals surface area contributed by atoms with Crippen molar-refractivity contribution >= 4 is 22.7 Å². The molecule has 0 aliphatic heterocycles. The number of aromatic amines is 1. The topological polar surface area (TPSA) is 59.2 Å². The second-order valence-corrected chi connectivity index (χ2v) is 6.11. The van der Waals surface area contributed by atoms with E-state index < -0.39 is 0 Å². The molecule has 1 heterocycles. The number of carbonyl (C=O) groups is 2. The lowest BCUT2D eigenvalue weighted by Crippen LogP contribution is -2.12. The van der Waals surface area contributed by atoms with E-state index in [0.29, 0.717) is 17.5 Å². The number of hydrogen-bond acceptors (Lipinski definition) is 3. The quantitative estimate of drug-likeness (QED) is 0.687. The van der Waals surface area contributed by atoms with Gasteiger partial charge in [-0.25, -0.2) is 4.79 Å². The number of Topliss-reactive ketones (excluding diaryl/α,β-unsaturated/α-hetero) is 1. The molecule has 2 rings (SSSR count). The first kappa shape index (κ1) is 14.3. The van der Waals surface area contributed by atoms with Gasteiger partial charge in [-0.1, -0.05) is 26.8 Å². The number of fused-ring (bicyclic) bond motifs is 1. The number of methoxy groups -OCH3 is 1. The van der Waals surface area contributed by atoms with Gasteiger partial charge < -0.3 is 9.72 Å². The molecule has 0 aliphatic rings. The maximum absolute atomic E-state index is 12.3. The van der Waals surface area contributed by atoms with Crippen LogP contribution in [0.2, 0.25) is 0 Å². The molecule has 0 bridgehead atoms. The van der Waals surface area contributed by atoms with Crippen molar-refractivity contribution in [2.24, 2.45) is 5.41 Å². The van der Waals surface area contributed by atoms with Gasteiger partial charge in [0.05, 0.1) is 12.7 Å². The van der Waals surface area contributed by atoms with Crippen LogP contribution in [0, 0.1) is 5.41 Å². The lowest BCUT2D eigenvalue weighted by atomic mass is 9.88. The molecule has 0 amide bonds. The van der Waals surface area contributed by atoms with Crippen molar-refractivity contribution in [1.82, 2.24) is 4.98 Å². The lowest BCUT2D eigenvalue weighted by Gasteiger charge is -2.16. The number of carbonyl (C=O) groups excluding carboxylic acids is 2. The Kier molecular flexibility index (Phi) is 3.66. The molecule has 1 N–H and O–H groups in total. The highest BCUT2D eigenvalue weighted by molar-refractivity contribution is 6.09. The van der Waals surface area contributed by atoms with Gasteiger partial charge in [-0.3, -0.25) is 4.79 Å². The summed E-state index contributed by atoms with van der Waals surface area (Å²) in [5, 5.41) is 0.840. The molecule has 0 unspecified atom stereocenters. The summed E-state index contributed by atoms with van der Waals surface area (Å²) in [6, 6.07) is 5.17. The van der Waals surface area contributed by atoms with E-state index in [1.807, 2.05) is 20.8 Å². The van der Waals surface area contributed by atoms with Gasteiger partial charge in [-0.2, -0.15) is 0 Å². The Labute approximate surface area is 118 Å². The third kappa shape index (κ3) is 2.90. The van der Waals surface area contributed by atoms with E-state index in [4.69, 9.17) is 0 Å². The van der Waals surface area contributed by atoms with Gasteiger partial charge in [0.1, 0.15) is 0 Å². The summed E-state index contributed by atoms with van der Waals surface area (Å²) in [7, 11) is 1.35. The summed E-state index contributed by atoms with van der Waals surface area (Å²) in [5.74, 6) is -0.279. The van der Waals surface area contributed by atoms with Crippen LogP contribution in [0.1, 0.15) is 47.9 Å². The molecule has 1 aromatic carbocycles. The molecule has 0 saturated heterocycles. The number of ketones is 1. The molecule has 0 fully saturated rings. The van der Waals surface area contributed by atoms with Crippen LogP contribution in [0.15, 0.2) is 24.4 Å². The maximum Gasteiger partial charge on any atom is 0.337 e. The van der Waals surface area contributed by atoms with Gasteiger partial charge in [-0.15, -0.1) is 0 Å². The summed E-state index contributed by atoms with van der Waals surface area (Å²) in [5.41, 5.74) is 1.86. The van der Waals surface area contributed by atoms with Crippen molar-refractivity contribution in [1.29, 1.82) is 0 Å². The molecule has 0 spiro atoms. The molecule has 4 heteroatoms. The summed E-state index contributed by atoms with van der Waals surface area (Å²) < 4.78 is 4.69. The Bertz CT molecular complexity index is 662. The fraction of sp³-hybridized carbons (Fsp3) is 0.375. The highest BCUT2D eigenvalue weighted by atomic mass is 16.5. The highest BCUT2D eigenvalue weighted by Gasteiger charge is 2.20. The van der Waals surface area contributed by atoms with Gasteiger partial charge in [0, 0.05) is 29.1 Å².